The van der Waals surface area contributed by atoms with Crippen molar-refractivity contribution >= 4 is 11.6 Å². The van der Waals surface area contributed by atoms with Gasteiger partial charge in [-0.3, -0.25) is 4.90 Å². The minimum Gasteiger partial charge on any atom is -0.309 e. The second-order valence-electron chi connectivity index (χ2n) is 8.46. The molecule has 164 valence electrons. The lowest BCUT2D eigenvalue weighted by atomic mass is 10.00. The average molecular weight is 424 g/mol. The fourth-order valence-electron chi connectivity index (χ4n) is 4.06. The number of nitrogens with zero attached hydrogens (tertiary/aromatic N) is 2. The van der Waals surface area contributed by atoms with Crippen LogP contribution in [-0.4, -0.2) is 36.1 Å². The highest BCUT2D eigenvalue weighted by Crippen LogP contribution is 2.23. The third-order valence-corrected chi connectivity index (χ3v) is 5.88. The van der Waals surface area contributed by atoms with Crippen LogP contribution in [0.3, 0.4) is 0 Å². The first-order chi connectivity index (χ1) is 15.8. The van der Waals surface area contributed by atoms with Crippen LogP contribution in [0.1, 0.15) is 40.9 Å². The Morgan fingerprint density at radius 2 is 1.72 bits per heavy atom. The predicted molar refractivity (Wildman–Crippen MR) is 135 cm³/mol. The first kappa shape index (κ1) is 22.2. The molecule has 0 unspecified atom stereocenters. The van der Waals surface area contributed by atoms with Crippen LogP contribution < -0.4 is 5.32 Å². The number of hydrogen-bond donors (Lipinski definition) is 1. The van der Waals surface area contributed by atoms with E-state index in [0.29, 0.717) is 0 Å². The van der Waals surface area contributed by atoms with Crippen molar-refractivity contribution in [3.8, 4) is 0 Å². The fourth-order valence-corrected chi connectivity index (χ4v) is 4.06. The van der Waals surface area contributed by atoms with Gasteiger partial charge in [-0.25, -0.2) is 4.98 Å². The van der Waals surface area contributed by atoms with E-state index in [1.165, 1.54) is 48.2 Å². The molecule has 0 amide bonds. The molecule has 0 saturated carbocycles. The van der Waals surface area contributed by atoms with E-state index in [1.54, 1.807) is 0 Å². The van der Waals surface area contributed by atoms with E-state index in [9.17, 15) is 0 Å². The van der Waals surface area contributed by atoms with E-state index in [-0.39, 0.29) is 0 Å². The molecule has 3 aromatic rings. The summed E-state index contributed by atoms with van der Waals surface area (Å²) in [6.07, 6.45) is 9.23. The molecule has 3 heteroatoms. The van der Waals surface area contributed by atoms with E-state index in [2.05, 4.69) is 102 Å². The van der Waals surface area contributed by atoms with Gasteiger partial charge in [-0.1, -0.05) is 78.4 Å². The molecule has 1 N–H and O–H groups in total. The summed E-state index contributed by atoms with van der Waals surface area (Å²) in [5.41, 5.74) is 7.05. The number of likely N-dealkylation sites (tertiary alicyclic amines) is 1. The maximum atomic E-state index is 4.97. The lowest BCUT2D eigenvalue weighted by Gasteiger charge is -2.14. The Morgan fingerprint density at radius 3 is 2.50 bits per heavy atom. The maximum Gasteiger partial charge on any atom is 0.0712 e. The number of nitrogens with one attached hydrogen (secondary N) is 1. The van der Waals surface area contributed by atoms with Crippen molar-refractivity contribution in [1.29, 1.82) is 0 Å². The zero-order chi connectivity index (χ0) is 22.0. The molecule has 1 saturated heterocycles. The van der Waals surface area contributed by atoms with Crippen LogP contribution in [0.5, 0.6) is 0 Å². The monoisotopic (exact) mass is 423 g/mol. The Kier molecular flexibility index (Phi) is 8.02. The molecule has 1 aliphatic rings. The van der Waals surface area contributed by atoms with Crippen molar-refractivity contribution in [3.63, 3.8) is 0 Å². The second kappa shape index (κ2) is 11.6. The van der Waals surface area contributed by atoms with Crippen LogP contribution in [0.25, 0.3) is 11.6 Å². The molecule has 1 fully saturated rings. The van der Waals surface area contributed by atoms with E-state index >= 15 is 0 Å². The maximum absolute atomic E-state index is 4.97. The minimum absolute atomic E-state index is 0.816. The van der Waals surface area contributed by atoms with Crippen LogP contribution in [-0.2, 0) is 6.54 Å². The molecule has 0 atom stereocenters. The highest BCUT2D eigenvalue weighted by Gasteiger charge is 2.12. The van der Waals surface area contributed by atoms with Crippen LogP contribution in [0.15, 0.2) is 84.9 Å². The number of aryl methyl sites for hydroxylation is 1. The molecule has 0 spiro atoms. The van der Waals surface area contributed by atoms with Gasteiger partial charge in [0.05, 0.1) is 11.4 Å². The summed E-state index contributed by atoms with van der Waals surface area (Å²) in [7, 11) is 0. The summed E-state index contributed by atoms with van der Waals surface area (Å²) in [5.74, 6) is 0. The summed E-state index contributed by atoms with van der Waals surface area (Å²) < 4.78 is 0. The first-order valence-corrected chi connectivity index (χ1v) is 11.7. The SMILES string of the molecule is Cc1ccc(C(=CCN2CCCC2)c2cccc(C=CCNCc3ccccc3)n2)cc1. The van der Waals surface area contributed by atoms with E-state index in [0.717, 1.165) is 31.0 Å². The highest BCUT2D eigenvalue weighted by molar-refractivity contribution is 5.78. The van der Waals surface area contributed by atoms with Crippen LogP contribution >= 0.6 is 0 Å². The normalized spacial score (nSPS) is 15.0. The topological polar surface area (TPSA) is 28.2 Å². The number of aromatic nitrogens is 1. The zero-order valence-corrected chi connectivity index (χ0v) is 19.0. The van der Waals surface area contributed by atoms with Gasteiger partial charge in [0.2, 0.25) is 0 Å². The largest absolute Gasteiger partial charge is 0.309 e. The molecule has 0 bridgehead atoms. The van der Waals surface area contributed by atoms with Gasteiger partial charge in [0.1, 0.15) is 0 Å². The van der Waals surface area contributed by atoms with E-state index in [1.807, 2.05) is 6.07 Å². The summed E-state index contributed by atoms with van der Waals surface area (Å²) in [6.45, 7) is 7.20. The van der Waals surface area contributed by atoms with E-state index < -0.39 is 0 Å². The highest BCUT2D eigenvalue weighted by atomic mass is 15.1. The number of hydrogen-bond acceptors (Lipinski definition) is 3. The standard InChI is InChI=1S/C29H33N3/c1-24-14-16-26(17-15-24)28(18-22-32-20-5-6-21-32)29-13-7-11-27(31-29)12-8-19-30-23-25-9-3-2-4-10-25/h2-4,7-18,30H,5-6,19-23H2,1H3. The van der Waals surface area contributed by atoms with Crippen molar-refractivity contribution in [2.75, 3.05) is 26.2 Å². The minimum atomic E-state index is 0.816. The van der Waals surface area contributed by atoms with Crippen molar-refractivity contribution in [2.24, 2.45) is 0 Å². The van der Waals surface area contributed by atoms with Crippen LogP contribution in [0.2, 0.25) is 0 Å². The van der Waals surface area contributed by atoms with Gasteiger partial charge in [0.25, 0.3) is 0 Å². The van der Waals surface area contributed by atoms with Gasteiger partial charge in [-0.15, -0.1) is 0 Å². The summed E-state index contributed by atoms with van der Waals surface area (Å²) in [4.78, 5) is 7.50. The molecular formula is C29H33N3. The van der Waals surface area contributed by atoms with Gasteiger partial charge in [0, 0.05) is 25.2 Å². The van der Waals surface area contributed by atoms with E-state index in [4.69, 9.17) is 4.98 Å². The van der Waals surface area contributed by atoms with Crippen molar-refractivity contribution in [1.82, 2.24) is 15.2 Å². The zero-order valence-electron chi connectivity index (χ0n) is 19.0. The fraction of sp³-hybridized carbons (Fsp3) is 0.276. The molecule has 1 aromatic heterocycles. The number of pyridine rings is 1. The Bertz CT molecular complexity index is 1030. The lowest BCUT2D eigenvalue weighted by molar-refractivity contribution is 0.377. The molecule has 32 heavy (non-hydrogen) atoms. The second-order valence-corrected chi connectivity index (χ2v) is 8.46. The molecular weight excluding hydrogens is 390 g/mol. The molecule has 1 aliphatic heterocycles. The first-order valence-electron chi connectivity index (χ1n) is 11.7. The molecule has 4 rings (SSSR count). The average Bonchev–Trinajstić information content (AvgIpc) is 3.35. The smallest absolute Gasteiger partial charge is 0.0712 e. The Morgan fingerprint density at radius 1 is 0.938 bits per heavy atom. The van der Waals surface area contributed by atoms with Gasteiger partial charge in [-0.05, 0) is 62.2 Å². The van der Waals surface area contributed by atoms with Crippen molar-refractivity contribution in [2.45, 2.75) is 26.3 Å². The Balaban J connectivity index is 1.45. The lowest BCUT2D eigenvalue weighted by Crippen LogP contribution is -2.19. The summed E-state index contributed by atoms with van der Waals surface area (Å²) in [5, 5.41) is 3.46. The molecule has 0 radical (unpaired) electrons. The van der Waals surface area contributed by atoms with Crippen molar-refractivity contribution < 1.29 is 0 Å². The summed E-state index contributed by atoms with van der Waals surface area (Å²) >= 11 is 0. The predicted octanol–water partition coefficient (Wildman–Crippen LogP) is 5.72. The van der Waals surface area contributed by atoms with Gasteiger partial charge in [-0.2, -0.15) is 0 Å². The molecule has 2 aromatic carbocycles. The molecule has 2 heterocycles. The Hall–Kier alpha value is -3.01. The van der Waals surface area contributed by atoms with Crippen LogP contribution in [0.4, 0.5) is 0 Å². The van der Waals surface area contributed by atoms with Crippen LogP contribution in [0, 0.1) is 6.92 Å². The van der Waals surface area contributed by atoms with Crippen molar-refractivity contribution in [3.05, 3.63) is 113 Å². The number of rotatable bonds is 9. The third kappa shape index (κ3) is 6.49. The molecule has 3 nitrogen and oxygen atoms in total. The quantitative estimate of drug-likeness (QED) is 0.446. The van der Waals surface area contributed by atoms with Gasteiger partial charge < -0.3 is 5.32 Å². The van der Waals surface area contributed by atoms with Gasteiger partial charge in [0.15, 0.2) is 0 Å². The van der Waals surface area contributed by atoms with Gasteiger partial charge >= 0.3 is 0 Å². The third-order valence-electron chi connectivity index (χ3n) is 5.88. The summed E-state index contributed by atoms with van der Waals surface area (Å²) in [6, 6.07) is 25.6. The Labute approximate surface area is 192 Å². The molecule has 0 aliphatic carbocycles. The number of benzene rings is 2.